The van der Waals surface area contributed by atoms with Crippen molar-refractivity contribution in [1.29, 1.82) is 0 Å². The van der Waals surface area contributed by atoms with Gasteiger partial charge in [-0.15, -0.1) is 0 Å². The summed E-state index contributed by atoms with van der Waals surface area (Å²) in [6.45, 7) is 8.67. The Kier molecular flexibility index (Phi) is 6.68. The van der Waals surface area contributed by atoms with Gasteiger partial charge < -0.3 is 26.4 Å². The number of nitrogen functional groups attached to an aromatic ring is 1. The van der Waals surface area contributed by atoms with Crippen molar-refractivity contribution in [2.45, 2.75) is 33.3 Å². The number of alkyl carbamates (subject to hydrolysis) is 1. The molecule has 0 spiro atoms. The van der Waals surface area contributed by atoms with Crippen molar-refractivity contribution >= 4 is 23.4 Å². The van der Waals surface area contributed by atoms with Crippen LogP contribution in [-0.2, 0) is 4.74 Å². The van der Waals surface area contributed by atoms with Crippen molar-refractivity contribution in [2.24, 2.45) is 0 Å². The molecule has 0 aliphatic heterocycles. The van der Waals surface area contributed by atoms with E-state index in [1.165, 1.54) is 0 Å². The van der Waals surface area contributed by atoms with Crippen molar-refractivity contribution in [3.63, 3.8) is 0 Å². The number of ether oxygens (including phenoxy) is 1. The van der Waals surface area contributed by atoms with Gasteiger partial charge in [-0.1, -0.05) is 0 Å². The lowest BCUT2D eigenvalue weighted by Gasteiger charge is -2.19. The average molecular weight is 322 g/mol. The van der Waals surface area contributed by atoms with Crippen LogP contribution in [0.15, 0.2) is 18.2 Å². The van der Waals surface area contributed by atoms with E-state index in [-0.39, 0.29) is 5.91 Å². The molecule has 0 aliphatic rings. The van der Waals surface area contributed by atoms with Crippen LogP contribution < -0.4 is 21.7 Å². The first-order valence-corrected chi connectivity index (χ1v) is 7.61. The Morgan fingerprint density at radius 1 is 1.17 bits per heavy atom. The van der Waals surface area contributed by atoms with Crippen LogP contribution in [0.4, 0.5) is 16.2 Å². The summed E-state index contributed by atoms with van der Waals surface area (Å²) in [5, 5.41) is 8.47. The first kappa shape index (κ1) is 18.6. The van der Waals surface area contributed by atoms with E-state index in [2.05, 4.69) is 16.0 Å². The maximum atomic E-state index is 11.8. The fourth-order valence-corrected chi connectivity index (χ4v) is 1.79. The summed E-state index contributed by atoms with van der Waals surface area (Å²) in [5.74, 6) is -0.151. The molecule has 5 N–H and O–H groups in total. The topological polar surface area (TPSA) is 105 Å². The predicted octanol–water partition coefficient (Wildman–Crippen LogP) is 1.96. The van der Waals surface area contributed by atoms with Crippen molar-refractivity contribution in [1.82, 2.24) is 10.6 Å². The molecule has 0 aromatic heterocycles. The molecule has 0 atom stereocenters. The Hall–Kier alpha value is -2.44. The van der Waals surface area contributed by atoms with E-state index in [4.69, 9.17) is 10.5 Å². The Morgan fingerprint density at radius 2 is 1.87 bits per heavy atom. The third-order valence-corrected chi connectivity index (χ3v) is 2.76. The van der Waals surface area contributed by atoms with E-state index in [9.17, 15) is 9.59 Å². The highest BCUT2D eigenvalue weighted by molar-refractivity contribution is 5.96. The highest BCUT2D eigenvalue weighted by Gasteiger charge is 2.15. The molecule has 23 heavy (non-hydrogen) atoms. The molecule has 1 rings (SSSR count). The molecule has 0 saturated carbocycles. The number of hydrogen-bond donors (Lipinski definition) is 4. The number of nitrogens with one attached hydrogen (secondary N) is 3. The minimum absolute atomic E-state index is 0.151. The number of nitrogens with two attached hydrogens (primary N) is 1. The molecule has 0 bridgehead atoms. The van der Waals surface area contributed by atoms with Gasteiger partial charge >= 0.3 is 6.09 Å². The molecule has 0 fully saturated rings. The molecule has 2 amide bonds. The number of amides is 2. The highest BCUT2D eigenvalue weighted by atomic mass is 16.6. The number of benzene rings is 1. The minimum atomic E-state index is -0.525. The molecule has 0 aliphatic carbocycles. The van der Waals surface area contributed by atoms with Gasteiger partial charge in [0.25, 0.3) is 5.91 Å². The van der Waals surface area contributed by atoms with E-state index in [1.807, 2.05) is 6.92 Å². The molecule has 1 aromatic rings. The molecule has 0 saturated heterocycles. The molecule has 0 radical (unpaired) electrons. The highest BCUT2D eigenvalue weighted by Crippen LogP contribution is 2.19. The third kappa shape index (κ3) is 6.90. The fraction of sp³-hybridized carbons (Fsp3) is 0.500. The van der Waals surface area contributed by atoms with E-state index in [0.717, 1.165) is 0 Å². The maximum absolute atomic E-state index is 11.8. The number of carbonyl (C=O) groups is 2. The van der Waals surface area contributed by atoms with Gasteiger partial charge in [-0.25, -0.2) is 4.79 Å². The summed E-state index contributed by atoms with van der Waals surface area (Å²) in [5.41, 5.74) is 7.08. The number of carbonyl (C=O) groups excluding carboxylic acids is 2. The lowest BCUT2D eigenvalue weighted by Crippen LogP contribution is -2.35. The van der Waals surface area contributed by atoms with Crippen LogP contribution in [0.25, 0.3) is 0 Å². The van der Waals surface area contributed by atoms with Crippen molar-refractivity contribution in [2.75, 3.05) is 30.7 Å². The van der Waals surface area contributed by atoms with Crippen molar-refractivity contribution in [3.05, 3.63) is 23.8 Å². The largest absolute Gasteiger partial charge is 0.444 e. The van der Waals surface area contributed by atoms with Gasteiger partial charge in [-0.3, -0.25) is 4.79 Å². The third-order valence-electron chi connectivity index (χ3n) is 2.76. The normalized spacial score (nSPS) is 10.8. The zero-order chi connectivity index (χ0) is 17.5. The zero-order valence-electron chi connectivity index (χ0n) is 14.2. The van der Waals surface area contributed by atoms with E-state index in [0.29, 0.717) is 36.6 Å². The lowest BCUT2D eigenvalue weighted by molar-refractivity contribution is 0.0530. The average Bonchev–Trinajstić information content (AvgIpc) is 2.43. The van der Waals surface area contributed by atoms with Crippen LogP contribution in [0, 0.1) is 0 Å². The molecule has 7 nitrogen and oxygen atoms in total. The van der Waals surface area contributed by atoms with Crippen LogP contribution in [0.3, 0.4) is 0 Å². The molecular formula is C16H26N4O3. The van der Waals surface area contributed by atoms with Crippen LogP contribution in [0.5, 0.6) is 0 Å². The zero-order valence-corrected chi connectivity index (χ0v) is 14.2. The van der Waals surface area contributed by atoms with Gasteiger partial charge in [0.05, 0.1) is 11.4 Å². The quantitative estimate of drug-likeness (QED) is 0.473. The van der Waals surface area contributed by atoms with Crippen LogP contribution in [0.2, 0.25) is 0 Å². The van der Waals surface area contributed by atoms with Crippen LogP contribution >= 0.6 is 0 Å². The molecular weight excluding hydrogens is 296 g/mol. The second-order valence-corrected chi connectivity index (χ2v) is 6.02. The Bertz CT molecular complexity index is 553. The summed E-state index contributed by atoms with van der Waals surface area (Å²) < 4.78 is 5.14. The fourth-order valence-electron chi connectivity index (χ4n) is 1.79. The predicted molar refractivity (Wildman–Crippen MR) is 91.6 cm³/mol. The number of rotatable bonds is 6. The molecule has 0 unspecified atom stereocenters. The summed E-state index contributed by atoms with van der Waals surface area (Å²) in [7, 11) is 0. The Balaban J connectivity index is 2.50. The molecule has 128 valence electrons. The standard InChI is InChI=1S/C16H26N4O3/c1-5-18-14(21)11-6-7-12(17)13(10-11)19-8-9-20-15(22)23-16(2,3)4/h6-7,10,19H,5,8-9,17H2,1-4H3,(H,18,21)(H,20,22). The maximum Gasteiger partial charge on any atom is 0.407 e. The van der Waals surface area contributed by atoms with Gasteiger partial charge in [-0.2, -0.15) is 0 Å². The number of anilines is 2. The first-order valence-electron chi connectivity index (χ1n) is 7.61. The minimum Gasteiger partial charge on any atom is -0.444 e. The monoisotopic (exact) mass is 322 g/mol. The molecule has 0 heterocycles. The lowest BCUT2D eigenvalue weighted by atomic mass is 10.1. The van der Waals surface area contributed by atoms with Crippen molar-refractivity contribution in [3.8, 4) is 0 Å². The summed E-state index contributed by atoms with van der Waals surface area (Å²) in [6.07, 6.45) is -0.469. The van der Waals surface area contributed by atoms with Crippen LogP contribution in [0.1, 0.15) is 38.1 Å². The SMILES string of the molecule is CCNC(=O)c1ccc(N)c(NCCNC(=O)OC(C)(C)C)c1. The summed E-state index contributed by atoms with van der Waals surface area (Å²) >= 11 is 0. The van der Waals surface area contributed by atoms with Gasteiger partial charge in [0, 0.05) is 25.2 Å². The van der Waals surface area contributed by atoms with Gasteiger partial charge in [0.1, 0.15) is 5.60 Å². The Morgan fingerprint density at radius 3 is 2.48 bits per heavy atom. The smallest absolute Gasteiger partial charge is 0.407 e. The summed E-state index contributed by atoms with van der Waals surface area (Å²) in [4.78, 5) is 23.3. The molecule has 1 aromatic carbocycles. The first-order chi connectivity index (χ1) is 10.7. The molecule has 7 heteroatoms. The van der Waals surface area contributed by atoms with Crippen molar-refractivity contribution < 1.29 is 14.3 Å². The van der Waals surface area contributed by atoms with E-state index >= 15 is 0 Å². The summed E-state index contributed by atoms with van der Waals surface area (Å²) in [6, 6.07) is 5.03. The van der Waals surface area contributed by atoms with E-state index in [1.54, 1.807) is 39.0 Å². The van der Waals surface area contributed by atoms with Gasteiger partial charge in [0.2, 0.25) is 0 Å². The second kappa shape index (κ2) is 8.26. The van der Waals surface area contributed by atoms with Crippen LogP contribution in [-0.4, -0.2) is 37.2 Å². The second-order valence-electron chi connectivity index (χ2n) is 6.02. The van der Waals surface area contributed by atoms with Gasteiger partial charge in [0.15, 0.2) is 0 Å². The number of hydrogen-bond acceptors (Lipinski definition) is 5. The van der Waals surface area contributed by atoms with Gasteiger partial charge in [-0.05, 0) is 45.9 Å². The van der Waals surface area contributed by atoms with E-state index < -0.39 is 11.7 Å². The Labute approximate surface area is 137 Å².